The van der Waals surface area contributed by atoms with Gasteiger partial charge in [-0.15, -0.1) is 11.3 Å². The second kappa shape index (κ2) is 5.38. The molecule has 1 aromatic carbocycles. The molecular formula is C16H14N4OS. The highest BCUT2D eigenvalue weighted by molar-refractivity contribution is 7.11. The number of aryl methyl sites for hydroxylation is 1. The van der Waals surface area contributed by atoms with Gasteiger partial charge in [-0.25, -0.2) is 15.0 Å². The Kier molecular flexibility index (Phi) is 3.23. The minimum absolute atomic E-state index is 0.633. The smallest absolute Gasteiger partial charge is 0.196 e. The van der Waals surface area contributed by atoms with Gasteiger partial charge in [0.1, 0.15) is 22.4 Å². The summed E-state index contributed by atoms with van der Waals surface area (Å²) >= 11 is 1.71. The lowest BCUT2D eigenvalue weighted by molar-refractivity contribution is 0.666. The average molecular weight is 310 g/mol. The molecule has 22 heavy (non-hydrogen) atoms. The Morgan fingerprint density at radius 1 is 1.18 bits per heavy atom. The second-order valence-corrected chi connectivity index (χ2v) is 6.13. The van der Waals surface area contributed by atoms with E-state index in [-0.39, 0.29) is 0 Å². The highest BCUT2D eigenvalue weighted by Crippen LogP contribution is 2.30. The number of benzene rings is 1. The van der Waals surface area contributed by atoms with Crippen molar-refractivity contribution >= 4 is 39.2 Å². The van der Waals surface area contributed by atoms with Crippen LogP contribution in [0.5, 0.6) is 0 Å². The molecule has 3 aromatic heterocycles. The maximum atomic E-state index is 5.89. The quantitative estimate of drug-likeness (QED) is 0.617. The van der Waals surface area contributed by atoms with E-state index < -0.39 is 0 Å². The van der Waals surface area contributed by atoms with E-state index in [0.29, 0.717) is 17.9 Å². The van der Waals surface area contributed by atoms with Crippen LogP contribution in [0.2, 0.25) is 0 Å². The molecular weight excluding hydrogens is 296 g/mol. The lowest BCUT2D eigenvalue weighted by atomic mass is 10.2. The van der Waals surface area contributed by atoms with Crippen molar-refractivity contribution in [2.24, 2.45) is 0 Å². The van der Waals surface area contributed by atoms with Crippen LogP contribution in [0.25, 0.3) is 22.1 Å². The van der Waals surface area contributed by atoms with Gasteiger partial charge in [0.15, 0.2) is 11.4 Å². The Morgan fingerprint density at radius 3 is 2.95 bits per heavy atom. The predicted molar refractivity (Wildman–Crippen MR) is 88.1 cm³/mol. The summed E-state index contributed by atoms with van der Waals surface area (Å²) in [6.45, 7) is 2.76. The van der Waals surface area contributed by atoms with Gasteiger partial charge in [0.25, 0.3) is 0 Å². The van der Waals surface area contributed by atoms with Crippen molar-refractivity contribution in [2.45, 2.75) is 19.9 Å². The summed E-state index contributed by atoms with van der Waals surface area (Å²) in [5, 5.41) is 5.35. The summed E-state index contributed by atoms with van der Waals surface area (Å²) in [7, 11) is 0. The predicted octanol–water partition coefficient (Wildman–Crippen LogP) is 4.01. The summed E-state index contributed by atoms with van der Waals surface area (Å²) in [4.78, 5) is 14.3. The van der Waals surface area contributed by atoms with Gasteiger partial charge in [-0.2, -0.15) is 0 Å². The van der Waals surface area contributed by atoms with Crippen LogP contribution in [0.3, 0.4) is 0 Å². The minimum atomic E-state index is 0.633. The molecule has 110 valence electrons. The Bertz CT molecular complexity index is 944. The van der Waals surface area contributed by atoms with E-state index in [1.165, 1.54) is 4.88 Å². The zero-order valence-corrected chi connectivity index (χ0v) is 12.9. The van der Waals surface area contributed by atoms with Gasteiger partial charge in [-0.05, 0) is 18.6 Å². The molecule has 0 fully saturated rings. The Balaban J connectivity index is 1.69. The fourth-order valence-electron chi connectivity index (χ4n) is 2.40. The van der Waals surface area contributed by atoms with Gasteiger partial charge in [0.05, 0.1) is 6.54 Å². The van der Waals surface area contributed by atoms with E-state index >= 15 is 0 Å². The number of nitrogens with zero attached hydrogens (tertiary/aromatic N) is 3. The molecule has 0 aliphatic heterocycles. The molecule has 0 aliphatic carbocycles. The van der Waals surface area contributed by atoms with E-state index in [1.54, 1.807) is 17.7 Å². The molecule has 0 atom stereocenters. The number of rotatable bonds is 4. The molecule has 4 aromatic rings. The maximum absolute atomic E-state index is 5.89. The third-order valence-electron chi connectivity index (χ3n) is 3.51. The van der Waals surface area contributed by atoms with Crippen molar-refractivity contribution in [1.82, 2.24) is 15.0 Å². The molecule has 0 aliphatic rings. The first-order valence-electron chi connectivity index (χ1n) is 7.15. The zero-order valence-electron chi connectivity index (χ0n) is 12.0. The summed E-state index contributed by atoms with van der Waals surface area (Å²) in [6, 6.07) is 7.88. The molecule has 0 bridgehead atoms. The van der Waals surface area contributed by atoms with E-state index in [2.05, 4.69) is 27.2 Å². The van der Waals surface area contributed by atoms with Crippen LogP contribution in [0, 0.1) is 0 Å². The van der Waals surface area contributed by atoms with Crippen LogP contribution in [0.4, 0.5) is 5.82 Å². The Labute approximate surface area is 131 Å². The first-order valence-corrected chi connectivity index (χ1v) is 7.96. The summed E-state index contributed by atoms with van der Waals surface area (Å²) < 4.78 is 5.89. The van der Waals surface area contributed by atoms with E-state index in [9.17, 15) is 0 Å². The van der Waals surface area contributed by atoms with Crippen LogP contribution in [-0.2, 0) is 13.0 Å². The molecule has 0 unspecified atom stereocenters. The molecule has 0 saturated heterocycles. The third kappa shape index (κ3) is 2.21. The number of para-hydroxylation sites is 1. The summed E-state index contributed by atoms with van der Waals surface area (Å²) in [5.74, 6) is 0.703. The maximum Gasteiger partial charge on any atom is 0.196 e. The van der Waals surface area contributed by atoms with Crippen LogP contribution >= 0.6 is 11.3 Å². The number of aromatic nitrogens is 3. The monoisotopic (exact) mass is 310 g/mol. The number of thiazole rings is 1. The fourth-order valence-corrected chi connectivity index (χ4v) is 3.20. The van der Waals surface area contributed by atoms with Gasteiger partial charge in [0.2, 0.25) is 0 Å². The largest absolute Gasteiger partial charge is 0.450 e. The molecule has 4 rings (SSSR count). The first-order chi connectivity index (χ1) is 10.8. The fraction of sp³-hybridized carbons (Fsp3) is 0.188. The number of furan rings is 1. The van der Waals surface area contributed by atoms with Crippen molar-refractivity contribution in [3.8, 4) is 0 Å². The topological polar surface area (TPSA) is 63.8 Å². The summed E-state index contributed by atoms with van der Waals surface area (Å²) in [6.07, 6.45) is 4.50. The van der Waals surface area contributed by atoms with Crippen molar-refractivity contribution in [1.29, 1.82) is 0 Å². The van der Waals surface area contributed by atoms with Gasteiger partial charge in [-0.3, -0.25) is 0 Å². The van der Waals surface area contributed by atoms with Crippen LogP contribution < -0.4 is 5.32 Å². The highest BCUT2D eigenvalue weighted by atomic mass is 32.1. The molecule has 0 radical (unpaired) electrons. The number of fused-ring (bicyclic) bond motifs is 3. The van der Waals surface area contributed by atoms with Crippen LogP contribution in [-0.4, -0.2) is 15.0 Å². The Hall–Kier alpha value is -2.47. The van der Waals surface area contributed by atoms with Gasteiger partial charge >= 0.3 is 0 Å². The van der Waals surface area contributed by atoms with Crippen molar-refractivity contribution in [3.05, 3.63) is 46.7 Å². The van der Waals surface area contributed by atoms with Crippen LogP contribution in [0.1, 0.15) is 16.8 Å². The molecule has 0 spiro atoms. The minimum Gasteiger partial charge on any atom is -0.450 e. The third-order valence-corrected chi connectivity index (χ3v) is 4.66. The number of hydrogen-bond acceptors (Lipinski definition) is 6. The standard InChI is InChI=1S/C16H14N4OS/c1-2-10-7-17-13(22-10)8-18-16-15-14(19-9-20-16)11-5-3-4-6-12(11)21-15/h3-7,9H,2,8H2,1H3,(H,18,19,20). The lowest BCUT2D eigenvalue weighted by Gasteiger charge is -2.02. The summed E-state index contributed by atoms with van der Waals surface area (Å²) in [5.41, 5.74) is 2.35. The van der Waals surface area contributed by atoms with E-state index in [1.807, 2.05) is 30.5 Å². The Morgan fingerprint density at radius 2 is 2.09 bits per heavy atom. The SMILES string of the molecule is CCc1cnc(CNc2ncnc3c2oc2ccccc23)s1. The van der Waals surface area contributed by atoms with Gasteiger partial charge in [0, 0.05) is 16.5 Å². The molecule has 5 nitrogen and oxygen atoms in total. The normalized spacial score (nSPS) is 11.3. The molecule has 3 heterocycles. The number of nitrogens with one attached hydrogen (secondary N) is 1. The van der Waals surface area contributed by atoms with Gasteiger partial charge < -0.3 is 9.73 Å². The van der Waals surface area contributed by atoms with Gasteiger partial charge in [-0.1, -0.05) is 19.1 Å². The molecule has 0 amide bonds. The molecule has 6 heteroatoms. The van der Waals surface area contributed by atoms with E-state index in [4.69, 9.17) is 4.42 Å². The van der Waals surface area contributed by atoms with Crippen molar-refractivity contribution in [3.63, 3.8) is 0 Å². The first kappa shape index (κ1) is 13.2. The van der Waals surface area contributed by atoms with E-state index in [0.717, 1.165) is 27.9 Å². The highest BCUT2D eigenvalue weighted by Gasteiger charge is 2.12. The molecule has 0 saturated carbocycles. The number of hydrogen-bond donors (Lipinski definition) is 1. The number of anilines is 1. The van der Waals surface area contributed by atoms with Crippen molar-refractivity contribution < 1.29 is 4.42 Å². The lowest BCUT2D eigenvalue weighted by Crippen LogP contribution is -2.01. The molecule has 1 N–H and O–H groups in total. The van der Waals surface area contributed by atoms with Crippen LogP contribution in [0.15, 0.2) is 41.2 Å². The second-order valence-electron chi connectivity index (χ2n) is 4.93. The average Bonchev–Trinajstić information content (AvgIpc) is 3.17. The van der Waals surface area contributed by atoms with Crippen molar-refractivity contribution in [2.75, 3.05) is 5.32 Å². The zero-order chi connectivity index (χ0) is 14.9.